The summed E-state index contributed by atoms with van der Waals surface area (Å²) in [6.07, 6.45) is 5.62. The predicted octanol–water partition coefficient (Wildman–Crippen LogP) is 1.83. The molecule has 0 aliphatic rings. The van der Waals surface area contributed by atoms with E-state index in [1.165, 1.54) is 0 Å². The average Bonchev–Trinajstić information content (AvgIpc) is 2.02. The van der Waals surface area contributed by atoms with Crippen molar-refractivity contribution in [1.82, 2.24) is 0 Å². The molecule has 12 heavy (non-hydrogen) atoms. The van der Waals surface area contributed by atoms with E-state index in [1.54, 1.807) is 0 Å². The molecule has 0 atom stereocenters. The van der Waals surface area contributed by atoms with Gasteiger partial charge in [-0.3, -0.25) is 4.79 Å². The summed E-state index contributed by atoms with van der Waals surface area (Å²) in [7, 11) is 0. The van der Waals surface area contributed by atoms with Crippen LogP contribution in [0.4, 0.5) is 0 Å². The maximum absolute atomic E-state index is 10.1. The van der Waals surface area contributed by atoms with Crippen LogP contribution in [0.25, 0.3) is 0 Å². The number of allylic oxidation sites excluding steroid dienone is 1. The molecular weight excluding hydrogens is 156 g/mol. The van der Waals surface area contributed by atoms with Gasteiger partial charge in [-0.25, -0.2) is 0 Å². The van der Waals surface area contributed by atoms with Gasteiger partial charge in [-0.1, -0.05) is 12.2 Å². The second-order valence-electron chi connectivity index (χ2n) is 2.49. The summed E-state index contributed by atoms with van der Waals surface area (Å²) in [4.78, 5) is 10.1. The van der Waals surface area contributed by atoms with Crippen molar-refractivity contribution in [3.8, 4) is 0 Å². The minimum atomic E-state index is -0.733. The van der Waals surface area contributed by atoms with Gasteiger partial charge in [0.15, 0.2) is 0 Å². The third-order valence-electron chi connectivity index (χ3n) is 1.38. The summed E-state index contributed by atoms with van der Waals surface area (Å²) < 4.78 is 5.18. The molecule has 0 rings (SSSR count). The van der Waals surface area contributed by atoms with E-state index in [4.69, 9.17) is 9.84 Å². The summed E-state index contributed by atoms with van der Waals surface area (Å²) in [5.41, 5.74) is 0. The van der Waals surface area contributed by atoms with Crippen molar-refractivity contribution in [2.24, 2.45) is 0 Å². The number of hydrogen-bond donors (Lipinski definition) is 1. The van der Waals surface area contributed by atoms with Crippen molar-refractivity contribution < 1.29 is 14.6 Å². The standard InChI is InChI=1S/C9H16O3/c1-2-3-7-12-8-5-4-6-9(10)11/h2-3H,4-8H2,1H3,(H,10,11). The van der Waals surface area contributed by atoms with Gasteiger partial charge in [0.05, 0.1) is 6.61 Å². The highest BCUT2D eigenvalue weighted by atomic mass is 16.5. The third kappa shape index (κ3) is 9.17. The molecule has 0 unspecified atom stereocenters. The van der Waals surface area contributed by atoms with Crippen LogP contribution in [0.3, 0.4) is 0 Å². The SMILES string of the molecule is CC=CCOCCCCC(=O)O. The number of carboxylic acid groups (broad SMARTS) is 1. The van der Waals surface area contributed by atoms with Gasteiger partial charge in [-0.15, -0.1) is 0 Å². The lowest BCUT2D eigenvalue weighted by Gasteiger charge is -1.98. The summed E-state index contributed by atoms with van der Waals surface area (Å²) in [6.45, 7) is 3.22. The quantitative estimate of drug-likeness (QED) is 0.470. The summed E-state index contributed by atoms with van der Waals surface area (Å²) in [5.74, 6) is -0.733. The van der Waals surface area contributed by atoms with Crippen molar-refractivity contribution in [1.29, 1.82) is 0 Å². The average molecular weight is 172 g/mol. The van der Waals surface area contributed by atoms with Gasteiger partial charge in [0.25, 0.3) is 0 Å². The molecule has 0 spiro atoms. The molecule has 0 saturated carbocycles. The fourth-order valence-corrected chi connectivity index (χ4v) is 0.728. The molecule has 0 saturated heterocycles. The molecule has 0 heterocycles. The van der Waals surface area contributed by atoms with E-state index in [0.717, 1.165) is 6.42 Å². The van der Waals surface area contributed by atoms with Gasteiger partial charge in [-0.2, -0.15) is 0 Å². The molecule has 3 nitrogen and oxygen atoms in total. The van der Waals surface area contributed by atoms with Crippen LogP contribution in [0, 0.1) is 0 Å². The lowest BCUT2D eigenvalue weighted by atomic mass is 10.2. The Hall–Kier alpha value is -0.830. The molecule has 3 heteroatoms. The predicted molar refractivity (Wildman–Crippen MR) is 47.1 cm³/mol. The smallest absolute Gasteiger partial charge is 0.303 e. The van der Waals surface area contributed by atoms with Crippen molar-refractivity contribution in [2.45, 2.75) is 26.2 Å². The van der Waals surface area contributed by atoms with Gasteiger partial charge < -0.3 is 9.84 Å². The van der Waals surface area contributed by atoms with E-state index in [-0.39, 0.29) is 6.42 Å². The Morgan fingerprint density at radius 2 is 2.25 bits per heavy atom. The Morgan fingerprint density at radius 3 is 2.83 bits per heavy atom. The molecule has 0 aromatic rings. The number of ether oxygens (including phenoxy) is 1. The first-order valence-electron chi connectivity index (χ1n) is 4.18. The first kappa shape index (κ1) is 11.2. The van der Waals surface area contributed by atoms with Gasteiger partial charge in [0, 0.05) is 13.0 Å². The van der Waals surface area contributed by atoms with Crippen LogP contribution >= 0.6 is 0 Å². The molecule has 70 valence electrons. The Morgan fingerprint density at radius 1 is 1.50 bits per heavy atom. The van der Waals surface area contributed by atoms with Crippen LogP contribution in [0.5, 0.6) is 0 Å². The highest BCUT2D eigenvalue weighted by Crippen LogP contribution is 1.95. The van der Waals surface area contributed by atoms with E-state index in [2.05, 4.69) is 0 Å². The minimum absolute atomic E-state index is 0.243. The highest BCUT2D eigenvalue weighted by Gasteiger charge is 1.95. The van der Waals surface area contributed by atoms with Crippen molar-refractivity contribution >= 4 is 5.97 Å². The zero-order valence-electron chi connectivity index (χ0n) is 7.45. The summed E-state index contributed by atoms with van der Waals surface area (Å²) >= 11 is 0. The van der Waals surface area contributed by atoms with E-state index >= 15 is 0 Å². The number of carboxylic acids is 1. The van der Waals surface area contributed by atoms with Crippen LogP contribution in [0.15, 0.2) is 12.2 Å². The van der Waals surface area contributed by atoms with Crippen molar-refractivity contribution in [3.05, 3.63) is 12.2 Å². The third-order valence-corrected chi connectivity index (χ3v) is 1.38. The van der Waals surface area contributed by atoms with Crippen molar-refractivity contribution in [2.75, 3.05) is 13.2 Å². The van der Waals surface area contributed by atoms with Gasteiger partial charge in [-0.05, 0) is 19.8 Å². The van der Waals surface area contributed by atoms with E-state index < -0.39 is 5.97 Å². The maximum atomic E-state index is 10.1. The fraction of sp³-hybridized carbons (Fsp3) is 0.667. The Kier molecular flexibility index (Phi) is 7.70. The molecule has 0 bridgehead atoms. The second-order valence-corrected chi connectivity index (χ2v) is 2.49. The first-order chi connectivity index (χ1) is 5.77. The molecular formula is C9H16O3. The molecule has 1 N–H and O–H groups in total. The molecule has 0 fully saturated rings. The summed E-state index contributed by atoms with van der Waals surface area (Å²) in [6, 6.07) is 0. The second kappa shape index (κ2) is 8.27. The topological polar surface area (TPSA) is 46.5 Å². The van der Waals surface area contributed by atoms with Crippen LogP contribution in [-0.4, -0.2) is 24.3 Å². The van der Waals surface area contributed by atoms with Crippen LogP contribution in [0.1, 0.15) is 26.2 Å². The maximum Gasteiger partial charge on any atom is 0.303 e. The van der Waals surface area contributed by atoms with E-state index in [1.807, 2.05) is 19.1 Å². The van der Waals surface area contributed by atoms with Crippen LogP contribution in [-0.2, 0) is 9.53 Å². The number of unbranched alkanes of at least 4 members (excludes halogenated alkanes) is 1. The van der Waals surface area contributed by atoms with E-state index in [9.17, 15) is 4.79 Å². The van der Waals surface area contributed by atoms with Crippen molar-refractivity contribution in [3.63, 3.8) is 0 Å². The fourth-order valence-electron chi connectivity index (χ4n) is 0.728. The molecule has 0 aliphatic carbocycles. The van der Waals surface area contributed by atoms with E-state index in [0.29, 0.717) is 19.6 Å². The number of carbonyl (C=O) groups is 1. The molecule has 0 radical (unpaired) electrons. The van der Waals surface area contributed by atoms with Crippen LogP contribution in [0.2, 0.25) is 0 Å². The largest absolute Gasteiger partial charge is 0.481 e. The van der Waals surface area contributed by atoms with Crippen LogP contribution < -0.4 is 0 Å². The van der Waals surface area contributed by atoms with Gasteiger partial charge in [0.2, 0.25) is 0 Å². The minimum Gasteiger partial charge on any atom is -0.481 e. The first-order valence-corrected chi connectivity index (χ1v) is 4.18. The molecule has 0 aromatic heterocycles. The normalized spacial score (nSPS) is 10.8. The number of aliphatic carboxylic acids is 1. The molecule has 0 aromatic carbocycles. The monoisotopic (exact) mass is 172 g/mol. The molecule has 0 amide bonds. The summed E-state index contributed by atoms with van der Waals surface area (Å²) in [5, 5.41) is 8.30. The molecule has 0 aliphatic heterocycles. The lowest BCUT2D eigenvalue weighted by Crippen LogP contribution is -1.98. The zero-order valence-corrected chi connectivity index (χ0v) is 7.45. The van der Waals surface area contributed by atoms with Gasteiger partial charge in [0.1, 0.15) is 0 Å². The van der Waals surface area contributed by atoms with Gasteiger partial charge >= 0.3 is 5.97 Å². The Balaban J connectivity index is 2.96. The lowest BCUT2D eigenvalue weighted by molar-refractivity contribution is -0.137. The highest BCUT2D eigenvalue weighted by molar-refractivity contribution is 5.66. The Labute approximate surface area is 73.0 Å². The number of hydrogen-bond acceptors (Lipinski definition) is 2. The zero-order chi connectivity index (χ0) is 9.23. The number of rotatable bonds is 7. The Bertz CT molecular complexity index is 141.